The van der Waals surface area contributed by atoms with Gasteiger partial charge in [0, 0.05) is 12.6 Å². The van der Waals surface area contributed by atoms with Crippen LogP contribution in [0.3, 0.4) is 0 Å². The molecular formula is C11H15NO. The summed E-state index contributed by atoms with van der Waals surface area (Å²) in [5.41, 5.74) is 2.79. The molecule has 1 heterocycles. The summed E-state index contributed by atoms with van der Waals surface area (Å²) >= 11 is 0. The fourth-order valence-corrected chi connectivity index (χ4v) is 2.02. The van der Waals surface area contributed by atoms with E-state index in [-0.39, 0.29) is 6.73 Å². The summed E-state index contributed by atoms with van der Waals surface area (Å²) in [5.74, 6) is 0. The number of rotatable bonds is 1. The molecule has 1 aliphatic heterocycles. The molecule has 0 saturated heterocycles. The molecule has 2 rings (SSSR count). The van der Waals surface area contributed by atoms with Crippen LogP contribution in [0, 0.1) is 0 Å². The minimum atomic E-state index is 0.162. The standard InChI is InChI=1S/C11H15NO/c1-9-11-5-3-2-4-10(11)6-7-12(9)8-13/h2-5,9,13H,6-8H2,1H3. The Balaban J connectivity index is 2.33. The summed E-state index contributed by atoms with van der Waals surface area (Å²) in [6, 6.07) is 8.84. The Morgan fingerprint density at radius 1 is 1.46 bits per heavy atom. The van der Waals surface area contributed by atoms with Crippen molar-refractivity contribution >= 4 is 0 Å². The molecule has 0 aromatic heterocycles. The molecular weight excluding hydrogens is 162 g/mol. The Bertz CT molecular complexity index is 298. The fourth-order valence-electron chi connectivity index (χ4n) is 2.02. The number of hydrogen-bond acceptors (Lipinski definition) is 2. The van der Waals surface area contributed by atoms with E-state index < -0.39 is 0 Å². The highest BCUT2D eigenvalue weighted by Crippen LogP contribution is 2.28. The van der Waals surface area contributed by atoms with Crippen LogP contribution in [0.15, 0.2) is 24.3 Å². The number of aliphatic hydroxyl groups excluding tert-OH is 1. The van der Waals surface area contributed by atoms with Gasteiger partial charge in [0.1, 0.15) is 0 Å². The summed E-state index contributed by atoms with van der Waals surface area (Å²) < 4.78 is 0. The second-order valence-corrected chi connectivity index (χ2v) is 3.58. The number of benzene rings is 1. The van der Waals surface area contributed by atoms with Crippen molar-refractivity contribution < 1.29 is 5.11 Å². The average molecular weight is 177 g/mol. The van der Waals surface area contributed by atoms with E-state index in [4.69, 9.17) is 5.11 Å². The molecule has 70 valence electrons. The molecule has 2 nitrogen and oxygen atoms in total. The van der Waals surface area contributed by atoms with Gasteiger partial charge in [-0.25, -0.2) is 0 Å². The first-order valence-corrected chi connectivity index (χ1v) is 4.75. The summed E-state index contributed by atoms with van der Waals surface area (Å²) in [6.45, 7) is 3.28. The lowest BCUT2D eigenvalue weighted by molar-refractivity contribution is 0.0680. The van der Waals surface area contributed by atoms with E-state index in [1.165, 1.54) is 11.1 Å². The van der Waals surface area contributed by atoms with E-state index in [1.807, 2.05) is 0 Å². The smallest absolute Gasteiger partial charge is 0.0961 e. The van der Waals surface area contributed by atoms with Gasteiger partial charge < -0.3 is 5.11 Å². The minimum absolute atomic E-state index is 0.162. The first kappa shape index (κ1) is 8.73. The van der Waals surface area contributed by atoms with Crippen molar-refractivity contribution in [3.05, 3.63) is 35.4 Å². The van der Waals surface area contributed by atoms with Crippen LogP contribution in [0.1, 0.15) is 24.1 Å². The molecule has 1 aromatic carbocycles. The van der Waals surface area contributed by atoms with E-state index in [1.54, 1.807) is 0 Å². The highest BCUT2D eigenvalue weighted by atomic mass is 16.3. The Morgan fingerprint density at radius 3 is 3.00 bits per heavy atom. The molecule has 1 aliphatic rings. The van der Waals surface area contributed by atoms with Gasteiger partial charge in [0.15, 0.2) is 0 Å². The van der Waals surface area contributed by atoms with Gasteiger partial charge in [0.05, 0.1) is 6.73 Å². The minimum Gasteiger partial charge on any atom is -0.381 e. The van der Waals surface area contributed by atoms with E-state index in [0.29, 0.717) is 6.04 Å². The first-order chi connectivity index (χ1) is 6.33. The zero-order valence-corrected chi connectivity index (χ0v) is 7.90. The number of nitrogens with zero attached hydrogens (tertiary/aromatic N) is 1. The Kier molecular flexibility index (Phi) is 2.34. The molecule has 0 fully saturated rings. The maximum Gasteiger partial charge on any atom is 0.0961 e. The first-order valence-electron chi connectivity index (χ1n) is 4.75. The van der Waals surface area contributed by atoms with Gasteiger partial charge in [0.25, 0.3) is 0 Å². The van der Waals surface area contributed by atoms with E-state index in [2.05, 4.69) is 36.1 Å². The average Bonchev–Trinajstić information content (AvgIpc) is 2.19. The van der Waals surface area contributed by atoms with E-state index in [9.17, 15) is 0 Å². The SMILES string of the molecule is CC1c2ccccc2CCN1CO. The molecule has 2 heteroatoms. The molecule has 0 bridgehead atoms. The largest absolute Gasteiger partial charge is 0.381 e. The molecule has 1 unspecified atom stereocenters. The lowest BCUT2D eigenvalue weighted by Gasteiger charge is -2.33. The predicted octanol–water partition coefficient (Wildman–Crippen LogP) is 1.56. The molecule has 0 spiro atoms. The Labute approximate surface area is 78.8 Å². The van der Waals surface area contributed by atoms with Crippen LogP contribution < -0.4 is 0 Å². The summed E-state index contributed by atoms with van der Waals surface area (Å²) in [4.78, 5) is 2.09. The quantitative estimate of drug-likeness (QED) is 0.703. The van der Waals surface area contributed by atoms with Crippen LogP contribution >= 0.6 is 0 Å². The van der Waals surface area contributed by atoms with Crippen molar-refractivity contribution in [3.8, 4) is 0 Å². The van der Waals surface area contributed by atoms with Crippen molar-refractivity contribution in [3.63, 3.8) is 0 Å². The van der Waals surface area contributed by atoms with Gasteiger partial charge in [-0.3, -0.25) is 4.90 Å². The van der Waals surface area contributed by atoms with E-state index in [0.717, 1.165) is 13.0 Å². The fraction of sp³-hybridized carbons (Fsp3) is 0.455. The third kappa shape index (κ3) is 1.47. The second-order valence-electron chi connectivity index (χ2n) is 3.58. The zero-order chi connectivity index (χ0) is 9.26. The van der Waals surface area contributed by atoms with Crippen molar-refractivity contribution in [2.75, 3.05) is 13.3 Å². The Morgan fingerprint density at radius 2 is 2.23 bits per heavy atom. The van der Waals surface area contributed by atoms with Crippen LogP contribution in [0.2, 0.25) is 0 Å². The topological polar surface area (TPSA) is 23.5 Å². The number of hydrogen-bond donors (Lipinski definition) is 1. The van der Waals surface area contributed by atoms with Crippen LogP contribution in [-0.2, 0) is 6.42 Å². The lowest BCUT2D eigenvalue weighted by Crippen LogP contribution is -2.34. The number of aliphatic hydroxyl groups is 1. The highest BCUT2D eigenvalue weighted by molar-refractivity contribution is 5.31. The summed E-state index contributed by atoms with van der Waals surface area (Å²) in [7, 11) is 0. The third-order valence-corrected chi connectivity index (χ3v) is 2.90. The lowest BCUT2D eigenvalue weighted by atomic mass is 9.94. The number of fused-ring (bicyclic) bond motifs is 1. The predicted molar refractivity (Wildman–Crippen MR) is 52.4 cm³/mol. The van der Waals surface area contributed by atoms with Gasteiger partial charge in [-0.05, 0) is 24.5 Å². The highest BCUT2D eigenvalue weighted by Gasteiger charge is 2.21. The molecule has 0 radical (unpaired) electrons. The Hall–Kier alpha value is -0.860. The maximum absolute atomic E-state index is 9.11. The van der Waals surface area contributed by atoms with Crippen LogP contribution in [0.4, 0.5) is 0 Å². The molecule has 1 aromatic rings. The van der Waals surface area contributed by atoms with Crippen LogP contribution in [0.25, 0.3) is 0 Å². The van der Waals surface area contributed by atoms with Gasteiger partial charge in [-0.2, -0.15) is 0 Å². The molecule has 0 aliphatic carbocycles. The van der Waals surface area contributed by atoms with Gasteiger partial charge >= 0.3 is 0 Å². The monoisotopic (exact) mass is 177 g/mol. The normalized spacial score (nSPS) is 22.8. The molecule has 1 N–H and O–H groups in total. The summed E-state index contributed by atoms with van der Waals surface area (Å²) in [5, 5.41) is 9.11. The van der Waals surface area contributed by atoms with Crippen molar-refractivity contribution in [1.82, 2.24) is 4.90 Å². The van der Waals surface area contributed by atoms with Gasteiger partial charge in [-0.1, -0.05) is 24.3 Å². The van der Waals surface area contributed by atoms with Crippen LogP contribution in [0.5, 0.6) is 0 Å². The van der Waals surface area contributed by atoms with Crippen molar-refractivity contribution in [2.45, 2.75) is 19.4 Å². The van der Waals surface area contributed by atoms with E-state index >= 15 is 0 Å². The van der Waals surface area contributed by atoms with Crippen molar-refractivity contribution in [1.29, 1.82) is 0 Å². The van der Waals surface area contributed by atoms with Crippen LogP contribution in [-0.4, -0.2) is 23.3 Å². The third-order valence-electron chi connectivity index (χ3n) is 2.90. The maximum atomic E-state index is 9.11. The van der Waals surface area contributed by atoms with Gasteiger partial charge in [0.2, 0.25) is 0 Å². The molecule has 13 heavy (non-hydrogen) atoms. The molecule has 0 amide bonds. The summed E-state index contributed by atoms with van der Waals surface area (Å²) in [6.07, 6.45) is 1.06. The second kappa shape index (κ2) is 3.48. The molecule has 0 saturated carbocycles. The van der Waals surface area contributed by atoms with Gasteiger partial charge in [-0.15, -0.1) is 0 Å². The zero-order valence-electron chi connectivity index (χ0n) is 7.90. The molecule has 1 atom stereocenters. The van der Waals surface area contributed by atoms with Crippen molar-refractivity contribution in [2.24, 2.45) is 0 Å².